The highest BCUT2D eigenvalue weighted by atomic mass is 32.1. The molecule has 31 heavy (non-hydrogen) atoms. The van der Waals surface area contributed by atoms with E-state index in [1.54, 1.807) is 18.4 Å². The van der Waals surface area contributed by atoms with Gasteiger partial charge in [0.15, 0.2) is 5.82 Å². The van der Waals surface area contributed by atoms with Crippen LogP contribution in [0.3, 0.4) is 0 Å². The first-order valence-corrected chi connectivity index (χ1v) is 11.3. The number of aromatic nitrogens is 3. The van der Waals surface area contributed by atoms with Crippen molar-refractivity contribution in [3.05, 3.63) is 52.0 Å². The van der Waals surface area contributed by atoms with E-state index in [0.717, 1.165) is 57.8 Å². The Bertz CT molecular complexity index is 1050. The van der Waals surface area contributed by atoms with Crippen LogP contribution in [0.4, 0.5) is 5.82 Å². The van der Waals surface area contributed by atoms with Gasteiger partial charge in [-0.3, -0.25) is 4.79 Å². The van der Waals surface area contributed by atoms with Crippen LogP contribution in [-0.2, 0) is 11.3 Å². The largest absolute Gasteiger partial charge is 0.496 e. The number of para-hydroxylation sites is 1. The molecule has 1 aliphatic rings. The van der Waals surface area contributed by atoms with E-state index in [4.69, 9.17) is 4.74 Å². The number of hydrogen-bond acceptors (Lipinski definition) is 7. The number of aryl methyl sites for hydroxylation is 2. The van der Waals surface area contributed by atoms with E-state index in [-0.39, 0.29) is 11.8 Å². The van der Waals surface area contributed by atoms with E-state index in [0.29, 0.717) is 13.1 Å². The molecule has 0 radical (unpaired) electrons. The Kier molecular flexibility index (Phi) is 6.46. The zero-order valence-electron chi connectivity index (χ0n) is 18.1. The zero-order chi connectivity index (χ0) is 21.8. The molecule has 1 aliphatic heterocycles. The molecule has 162 valence electrons. The van der Waals surface area contributed by atoms with Crippen LogP contribution < -0.4 is 15.0 Å². The molecule has 1 unspecified atom stereocenters. The van der Waals surface area contributed by atoms with E-state index >= 15 is 0 Å². The van der Waals surface area contributed by atoms with Crippen molar-refractivity contribution in [2.24, 2.45) is 5.92 Å². The van der Waals surface area contributed by atoms with Gasteiger partial charge in [0.25, 0.3) is 0 Å². The standard InChI is InChI=1S/C23H27N5O2S/c1-15-21(31-16(2)25-15)13-24-23(29)17-7-6-12-28(14-17)22-11-10-19(26-27-22)18-8-4-5-9-20(18)30-3/h4-5,8-11,17H,6-7,12-14H2,1-3H3,(H,24,29). The highest BCUT2D eigenvalue weighted by Crippen LogP contribution is 2.29. The van der Waals surface area contributed by atoms with Crippen molar-refractivity contribution >= 4 is 23.1 Å². The van der Waals surface area contributed by atoms with Gasteiger partial charge < -0.3 is 15.0 Å². The summed E-state index contributed by atoms with van der Waals surface area (Å²) in [6.45, 7) is 6.04. The number of hydrogen-bond donors (Lipinski definition) is 1. The SMILES string of the molecule is COc1ccccc1-c1ccc(N2CCCC(C(=O)NCc3sc(C)nc3C)C2)nn1. The lowest BCUT2D eigenvalue weighted by Gasteiger charge is -2.32. The number of benzene rings is 1. The summed E-state index contributed by atoms with van der Waals surface area (Å²) < 4.78 is 5.42. The van der Waals surface area contributed by atoms with Crippen LogP contribution in [0.15, 0.2) is 36.4 Å². The van der Waals surface area contributed by atoms with Crippen molar-refractivity contribution in [2.45, 2.75) is 33.2 Å². The lowest BCUT2D eigenvalue weighted by Crippen LogP contribution is -2.43. The third-order valence-electron chi connectivity index (χ3n) is 5.57. The average Bonchev–Trinajstić information content (AvgIpc) is 3.14. The van der Waals surface area contributed by atoms with E-state index in [2.05, 4.69) is 25.4 Å². The van der Waals surface area contributed by atoms with Crippen LogP contribution in [-0.4, -0.2) is 41.3 Å². The van der Waals surface area contributed by atoms with Gasteiger partial charge in [0.05, 0.1) is 36.0 Å². The normalized spacial score (nSPS) is 16.2. The number of nitrogens with one attached hydrogen (secondary N) is 1. The molecule has 7 nitrogen and oxygen atoms in total. The van der Waals surface area contributed by atoms with Gasteiger partial charge in [0.2, 0.25) is 5.91 Å². The number of amides is 1. The second kappa shape index (κ2) is 9.43. The van der Waals surface area contributed by atoms with Crippen molar-refractivity contribution in [1.82, 2.24) is 20.5 Å². The Hall–Kier alpha value is -3.00. The molecule has 2 aromatic heterocycles. The average molecular weight is 438 g/mol. The fourth-order valence-corrected chi connectivity index (χ4v) is 4.82. The molecule has 0 saturated carbocycles. The summed E-state index contributed by atoms with van der Waals surface area (Å²) in [5.41, 5.74) is 2.68. The number of carbonyl (C=O) groups is 1. The predicted molar refractivity (Wildman–Crippen MR) is 122 cm³/mol. The number of nitrogens with zero attached hydrogens (tertiary/aromatic N) is 4. The van der Waals surface area contributed by atoms with Gasteiger partial charge in [-0.2, -0.15) is 0 Å². The van der Waals surface area contributed by atoms with Crippen molar-refractivity contribution < 1.29 is 9.53 Å². The first kappa shape index (κ1) is 21.2. The number of ether oxygens (including phenoxy) is 1. The smallest absolute Gasteiger partial charge is 0.225 e. The van der Waals surface area contributed by atoms with Gasteiger partial charge in [0.1, 0.15) is 5.75 Å². The van der Waals surface area contributed by atoms with E-state index in [1.807, 2.05) is 50.2 Å². The minimum absolute atomic E-state index is 0.0567. The quantitative estimate of drug-likeness (QED) is 0.633. The molecule has 1 amide bonds. The number of rotatable bonds is 6. The number of anilines is 1. The van der Waals surface area contributed by atoms with Crippen LogP contribution in [0.2, 0.25) is 0 Å². The first-order valence-electron chi connectivity index (χ1n) is 10.5. The summed E-state index contributed by atoms with van der Waals surface area (Å²) >= 11 is 1.64. The molecule has 1 atom stereocenters. The molecule has 3 aromatic rings. The third kappa shape index (κ3) is 4.85. The Balaban J connectivity index is 1.40. The third-order valence-corrected chi connectivity index (χ3v) is 6.65. The Morgan fingerprint density at radius 2 is 2.06 bits per heavy atom. The minimum atomic E-state index is -0.0567. The Labute approximate surface area is 186 Å². The molecule has 1 saturated heterocycles. The van der Waals surface area contributed by atoms with Gasteiger partial charge in [-0.25, -0.2) is 4.98 Å². The van der Waals surface area contributed by atoms with E-state index in [1.165, 1.54) is 0 Å². The van der Waals surface area contributed by atoms with Crippen molar-refractivity contribution in [3.63, 3.8) is 0 Å². The topological polar surface area (TPSA) is 80.2 Å². The van der Waals surface area contributed by atoms with Crippen molar-refractivity contribution in [1.29, 1.82) is 0 Å². The van der Waals surface area contributed by atoms with Crippen LogP contribution in [0, 0.1) is 19.8 Å². The summed E-state index contributed by atoms with van der Waals surface area (Å²) in [7, 11) is 1.65. The maximum atomic E-state index is 12.8. The number of carbonyl (C=O) groups excluding carboxylic acids is 1. The van der Waals surface area contributed by atoms with Gasteiger partial charge in [-0.05, 0) is 51.0 Å². The molecular weight excluding hydrogens is 410 g/mol. The predicted octanol–water partition coefficient (Wildman–Crippen LogP) is 3.76. The highest BCUT2D eigenvalue weighted by molar-refractivity contribution is 7.11. The van der Waals surface area contributed by atoms with Crippen molar-refractivity contribution in [2.75, 3.05) is 25.1 Å². The lowest BCUT2D eigenvalue weighted by atomic mass is 9.97. The maximum Gasteiger partial charge on any atom is 0.225 e. The van der Waals surface area contributed by atoms with Crippen LogP contribution in [0.1, 0.15) is 28.4 Å². The van der Waals surface area contributed by atoms with E-state index < -0.39 is 0 Å². The molecule has 4 rings (SSSR count). The zero-order valence-corrected chi connectivity index (χ0v) is 18.9. The molecule has 1 fully saturated rings. The second-order valence-electron chi connectivity index (χ2n) is 7.72. The fraction of sp³-hybridized carbons (Fsp3) is 0.391. The Morgan fingerprint density at radius 1 is 1.23 bits per heavy atom. The lowest BCUT2D eigenvalue weighted by molar-refractivity contribution is -0.125. The molecule has 0 aliphatic carbocycles. The van der Waals surface area contributed by atoms with Gasteiger partial charge in [-0.15, -0.1) is 21.5 Å². The number of thiazole rings is 1. The van der Waals surface area contributed by atoms with E-state index in [9.17, 15) is 4.79 Å². The second-order valence-corrected chi connectivity index (χ2v) is 9.01. The molecule has 1 N–H and O–H groups in total. The summed E-state index contributed by atoms with van der Waals surface area (Å²) in [6.07, 6.45) is 1.84. The molecule has 8 heteroatoms. The minimum Gasteiger partial charge on any atom is -0.496 e. The van der Waals surface area contributed by atoms with Crippen LogP contribution in [0.5, 0.6) is 5.75 Å². The summed E-state index contributed by atoms with van der Waals surface area (Å²) in [4.78, 5) is 20.5. The summed E-state index contributed by atoms with van der Waals surface area (Å²) in [5.74, 6) is 1.60. The number of methoxy groups -OCH3 is 1. The van der Waals surface area contributed by atoms with Crippen LogP contribution in [0.25, 0.3) is 11.3 Å². The van der Waals surface area contributed by atoms with Gasteiger partial charge in [-0.1, -0.05) is 12.1 Å². The van der Waals surface area contributed by atoms with Gasteiger partial charge in [0, 0.05) is 23.5 Å². The first-order chi connectivity index (χ1) is 15.0. The molecular formula is C23H27N5O2S. The molecule has 1 aromatic carbocycles. The van der Waals surface area contributed by atoms with Crippen LogP contribution >= 0.6 is 11.3 Å². The molecule has 0 bridgehead atoms. The molecule has 3 heterocycles. The maximum absolute atomic E-state index is 12.8. The summed E-state index contributed by atoms with van der Waals surface area (Å²) in [5, 5.41) is 13.0. The van der Waals surface area contributed by atoms with Gasteiger partial charge >= 0.3 is 0 Å². The number of piperidine rings is 1. The highest BCUT2D eigenvalue weighted by Gasteiger charge is 2.27. The monoisotopic (exact) mass is 437 g/mol. The fourth-order valence-electron chi connectivity index (χ4n) is 3.94. The van der Waals surface area contributed by atoms with Crippen molar-refractivity contribution in [3.8, 4) is 17.0 Å². The Morgan fingerprint density at radius 3 is 2.77 bits per heavy atom. The molecule has 0 spiro atoms. The summed E-state index contributed by atoms with van der Waals surface area (Å²) in [6, 6.07) is 11.7.